The Kier molecular flexibility index (Phi) is 7.23. The summed E-state index contributed by atoms with van der Waals surface area (Å²) in [7, 11) is 3.96. The van der Waals surface area contributed by atoms with Crippen LogP contribution in [0, 0.1) is 17.5 Å². The highest BCUT2D eigenvalue weighted by Gasteiger charge is 2.28. The maximum Gasteiger partial charge on any atom is 0.182 e. The highest BCUT2D eigenvalue weighted by atomic mass is 35.5. The summed E-state index contributed by atoms with van der Waals surface area (Å²) in [5.74, 6) is -2.13. The van der Waals surface area contributed by atoms with Crippen LogP contribution < -0.4 is 5.32 Å². The number of hydrogen-bond acceptors (Lipinski definition) is 4. The van der Waals surface area contributed by atoms with Crippen molar-refractivity contribution in [3.05, 3.63) is 63.4 Å². The minimum atomic E-state index is -1.07. The number of amidine groups is 1. The average Bonchev–Trinajstić information content (AvgIpc) is 3.16. The summed E-state index contributed by atoms with van der Waals surface area (Å²) in [5, 5.41) is 15.7. The zero-order valence-electron chi connectivity index (χ0n) is 17.5. The van der Waals surface area contributed by atoms with Crippen molar-refractivity contribution in [3.63, 3.8) is 0 Å². The van der Waals surface area contributed by atoms with Gasteiger partial charge in [-0.05, 0) is 56.8 Å². The molecule has 1 aliphatic heterocycles. The number of aliphatic imine (C=N–C) groups is 1. The van der Waals surface area contributed by atoms with Gasteiger partial charge < -0.3 is 15.4 Å². The lowest BCUT2D eigenvalue weighted by atomic mass is 9.95. The number of fused-ring (bicyclic) bond motifs is 1. The van der Waals surface area contributed by atoms with E-state index in [1.165, 1.54) is 18.2 Å². The summed E-state index contributed by atoms with van der Waals surface area (Å²) in [6.07, 6.45) is 1.12. The number of halogens is 4. The molecule has 5 nitrogen and oxygen atoms in total. The second-order valence-corrected chi connectivity index (χ2v) is 8.18. The molecule has 9 heteroatoms. The van der Waals surface area contributed by atoms with Crippen molar-refractivity contribution in [2.45, 2.75) is 32.2 Å². The van der Waals surface area contributed by atoms with Gasteiger partial charge in [0.15, 0.2) is 11.6 Å². The van der Waals surface area contributed by atoms with Crippen LogP contribution in [0.1, 0.15) is 30.0 Å². The molecular weight excluding hydrogens is 429 g/mol. The van der Waals surface area contributed by atoms with Gasteiger partial charge in [0.1, 0.15) is 11.7 Å². The van der Waals surface area contributed by atoms with E-state index in [9.17, 15) is 18.4 Å². The Morgan fingerprint density at radius 1 is 1.23 bits per heavy atom. The maximum atomic E-state index is 14.4. The summed E-state index contributed by atoms with van der Waals surface area (Å²) in [4.78, 5) is 6.57. The zero-order chi connectivity index (χ0) is 22.7. The van der Waals surface area contributed by atoms with Crippen LogP contribution in [0.25, 0.3) is 0 Å². The summed E-state index contributed by atoms with van der Waals surface area (Å²) in [6.45, 7) is 2.61. The van der Waals surface area contributed by atoms with Gasteiger partial charge in [0, 0.05) is 31.0 Å². The lowest BCUT2D eigenvalue weighted by Crippen LogP contribution is -2.25. The fourth-order valence-electron chi connectivity index (χ4n) is 3.36. The Labute approximate surface area is 184 Å². The number of oxime groups is 1. The molecule has 0 saturated carbocycles. The molecule has 2 N–H and O–H groups in total. The van der Waals surface area contributed by atoms with Gasteiger partial charge in [0.25, 0.3) is 0 Å². The van der Waals surface area contributed by atoms with Crippen molar-refractivity contribution in [1.82, 2.24) is 4.90 Å². The summed E-state index contributed by atoms with van der Waals surface area (Å²) < 4.78 is 42.2. The second-order valence-electron chi connectivity index (χ2n) is 7.78. The number of nitrogens with one attached hydrogen (secondary N) is 1. The largest absolute Gasteiger partial charge is 0.411 e. The van der Waals surface area contributed by atoms with Gasteiger partial charge in [0.2, 0.25) is 0 Å². The molecule has 31 heavy (non-hydrogen) atoms. The first-order valence-electron chi connectivity index (χ1n) is 9.84. The van der Waals surface area contributed by atoms with Crippen LogP contribution >= 0.6 is 11.6 Å². The molecule has 1 heterocycles. The van der Waals surface area contributed by atoms with Gasteiger partial charge in [-0.1, -0.05) is 22.8 Å². The molecule has 1 unspecified atom stereocenters. The van der Waals surface area contributed by atoms with Crippen LogP contribution in [0.2, 0.25) is 5.02 Å². The van der Waals surface area contributed by atoms with Gasteiger partial charge in [-0.15, -0.1) is 0 Å². The molecule has 2 aromatic rings. The van der Waals surface area contributed by atoms with E-state index in [2.05, 4.69) is 27.3 Å². The van der Waals surface area contributed by atoms with Crippen LogP contribution in [0.15, 0.2) is 34.4 Å². The Hall–Kier alpha value is -2.58. The summed E-state index contributed by atoms with van der Waals surface area (Å²) in [6, 6.07) is 5.42. The number of nitrogens with zero attached hydrogens (tertiary/aromatic N) is 3. The van der Waals surface area contributed by atoms with E-state index >= 15 is 0 Å². The van der Waals surface area contributed by atoms with Crippen LogP contribution in [0.5, 0.6) is 0 Å². The predicted molar refractivity (Wildman–Crippen MR) is 117 cm³/mol. The molecular formula is C22H24ClF3N4O. The van der Waals surface area contributed by atoms with E-state index in [0.717, 1.165) is 12.5 Å². The second kappa shape index (κ2) is 9.70. The predicted octanol–water partition coefficient (Wildman–Crippen LogP) is 4.89. The minimum Gasteiger partial charge on any atom is -0.411 e. The quantitative estimate of drug-likeness (QED) is 0.357. The fraction of sp³-hybridized carbons (Fsp3) is 0.364. The van der Waals surface area contributed by atoms with Crippen LogP contribution in [0.4, 0.5) is 18.9 Å². The standard InChI is InChI=1S/C22H24ClF3N4O/c1-12(30(2)3)6-7-27-20-11-15-14(10-18(25)21(26)22(15)28-20)19(29-31)9-13-4-5-17(24)16(23)8-13/h4-5,8,10,12,31H,6-7,9,11H2,1-3H3,(H,27,28)/b29-19+. The van der Waals surface area contributed by atoms with Gasteiger partial charge in [0.05, 0.1) is 16.4 Å². The molecule has 1 aliphatic rings. The molecule has 0 bridgehead atoms. The van der Waals surface area contributed by atoms with Crippen LogP contribution in [0.3, 0.4) is 0 Å². The number of hydrogen-bond donors (Lipinski definition) is 2. The Morgan fingerprint density at radius 3 is 2.61 bits per heavy atom. The highest BCUT2D eigenvalue weighted by Crippen LogP contribution is 2.33. The first-order valence-corrected chi connectivity index (χ1v) is 10.2. The molecule has 2 aromatic carbocycles. The molecule has 0 spiro atoms. The van der Waals surface area contributed by atoms with Crippen LogP contribution in [-0.2, 0) is 12.8 Å². The van der Waals surface area contributed by atoms with E-state index < -0.39 is 17.5 Å². The average molecular weight is 453 g/mol. The van der Waals surface area contributed by atoms with Crippen molar-refractivity contribution < 1.29 is 18.4 Å². The normalized spacial score (nSPS) is 16.0. The Bertz CT molecular complexity index is 1040. The number of anilines is 1. The highest BCUT2D eigenvalue weighted by molar-refractivity contribution is 6.30. The van der Waals surface area contributed by atoms with Gasteiger partial charge in [-0.2, -0.15) is 0 Å². The third-order valence-electron chi connectivity index (χ3n) is 5.46. The first-order chi connectivity index (χ1) is 14.7. The number of rotatable bonds is 7. The lowest BCUT2D eigenvalue weighted by molar-refractivity contribution is 0.302. The lowest BCUT2D eigenvalue weighted by Gasteiger charge is -2.18. The van der Waals surface area contributed by atoms with Crippen molar-refractivity contribution >= 4 is 28.8 Å². The van der Waals surface area contributed by atoms with Crippen molar-refractivity contribution in [3.8, 4) is 0 Å². The molecule has 0 radical (unpaired) electrons. The summed E-state index contributed by atoms with van der Waals surface area (Å²) in [5.41, 5.74) is 1.39. The van der Waals surface area contributed by atoms with E-state index in [4.69, 9.17) is 11.6 Å². The third kappa shape index (κ3) is 5.19. The smallest absolute Gasteiger partial charge is 0.182 e. The van der Waals surface area contributed by atoms with E-state index in [1.54, 1.807) is 0 Å². The molecule has 1 atom stereocenters. The van der Waals surface area contributed by atoms with Crippen molar-refractivity contribution in [2.24, 2.45) is 10.1 Å². The molecule has 0 saturated heterocycles. The summed E-state index contributed by atoms with van der Waals surface area (Å²) >= 11 is 5.82. The van der Waals surface area contributed by atoms with Gasteiger partial charge in [-0.3, -0.25) is 4.99 Å². The monoisotopic (exact) mass is 452 g/mol. The SMILES string of the molecule is CC(CCN=C1Cc2c(/C(Cc3ccc(F)c(Cl)c3)=N/O)cc(F)c(F)c2N1)N(C)C. The zero-order valence-corrected chi connectivity index (χ0v) is 18.3. The van der Waals surface area contributed by atoms with Crippen molar-refractivity contribution in [1.29, 1.82) is 0 Å². The molecule has 0 aliphatic carbocycles. The van der Waals surface area contributed by atoms with Crippen molar-refractivity contribution in [2.75, 3.05) is 26.0 Å². The van der Waals surface area contributed by atoms with E-state index in [1.807, 2.05) is 14.1 Å². The van der Waals surface area contributed by atoms with E-state index in [0.29, 0.717) is 29.5 Å². The maximum absolute atomic E-state index is 14.4. The van der Waals surface area contributed by atoms with E-state index in [-0.39, 0.29) is 34.8 Å². The third-order valence-corrected chi connectivity index (χ3v) is 5.75. The number of benzene rings is 2. The molecule has 0 aromatic heterocycles. The molecule has 166 valence electrons. The molecule has 3 rings (SSSR count). The fourth-order valence-corrected chi connectivity index (χ4v) is 3.56. The van der Waals surface area contributed by atoms with Gasteiger partial charge in [-0.25, -0.2) is 13.2 Å². The Balaban J connectivity index is 1.87. The Morgan fingerprint density at radius 2 is 1.97 bits per heavy atom. The first kappa shape index (κ1) is 23.1. The molecule has 0 fully saturated rings. The topological polar surface area (TPSA) is 60.2 Å². The van der Waals surface area contributed by atoms with Gasteiger partial charge >= 0.3 is 0 Å². The molecule has 0 amide bonds. The minimum absolute atomic E-state index is 0.00676. The van der Waals surface area contributed by atoms with Crippen LogP contribution in [-0.4, -0.2) is 48.3 Å².